The van der Waals surface area contributed by atoms with Crippen LogP contribution in [0, 0.1) is 0 Å². The first-order valence-corrected chi connectivity index (χ1v) is 7.55. The summed E-state index contributed by atoms with van der Waals surface area (Å²) in [5.74, 6) is 1.02. The van der Waals surface area contributed by atoms with Gasteiger partial charge in [-0.25, -0.2) is 4.98 Å². The number of pyridine rings is 1. The first-order valence-electron chi connectivity index (χ1n) is 7.55. The topological polar surface area (TPSA) is 51.4 Å². The molecule has 114 valence electrons. The van der Waals surface area contributed by atoms with Gasteiger partial charge in [-0.15, -0.1) is 0 Å². The Bertz CT molecular complexity index is 585. The summed E-state index contributed by atoms with van der Waals surface area (Å²) >= 11 is 0. The molecule has 0 aliphatic rings. The standard InChI is InChI=1S/C17H25N3O/c1-4-13(2)20(9-10-21-3)17-16-8-6-5-7-15(16)14(11-18)12-19-17/h5-8,12-13H,4,9-11,18H2,1-3H3. The molecule has 2 aromatic rings. The molecule has 1 aromatic heterocycles. The molecule has 1 atom stereocenters. The van der Waals surface area contributed by atoms with Gasteiger partial charge in [0.2, 0.25) is 0 Å². The number of fused-ring (bicyclic) bond motifs is 1. The van der Waals surface area contributed by atoms with Gasteiger partial charge in [-0.1, -0.05) is 31.2 Å². The lowest BCUT2D eigenvalue weighted by Gasteiger charge is -2.30. The van der Waals surface area contributed by atoms with Crippen molar-refractivity contribution < 1.29 is 4.74 Å². The van der Waals surface area contributed by atoms with Crippen LogP contribution in [0.25, 0.3) is 10.8 Å². The zero-order valence-corrected chi connectivity index (χ0v) is 13.2. The number of ether oxygens (including phenoxy) is 1. The van der Waals surface area contributed by atoms with E-state index >= 15 is 0 Å². The molecular weight excluding hydrogens is 262 g/mol. The molecule has 0 saturated carbocycles. The first kappa shape index (κ1) is 15.7. The summed E-state index contributed by atoms with van der Waals surface area (Å²) in [6.45, 7) is 6.46. The van der Waals surface area contributed by atoms with E-state index in [0.717, 1.165) is 29.7 Å². The van der Waals surface area contributed by atoms with Gasteiger partial charge in [-0.05, 0) is 24.3 Å². The van der Waals surface area contributed by atoms with Crippen LogP contribution in [0.4, 0.5) is 5.82 Å². The molecule has 4 heteroatoms. The van der Waals surface area contributed by atoms with Crippen LogP contribution in [0.3, 0.4) is 0 Å². The number of rotatable bonds is 7. The number of benzene rings is 1. The molecule has 1 heterocycles. The second-order valence-corrected chi connectivity index (χ2v) is 5.30. The van der Waals surface area contributed by atoms with Crippen molar-refractivity contribution >= 4 is 16.6 Å². The van der Waals surface area contributed by atoms with Crippen LogP contribution < -0.4 is 10.6 Å². The van der Waals surface area contributed by atoms with Crippen molar-refractivity contribution in [2.45, 2.75) is 32.9 Å². The molecule has 4 nitrogen and oxygen atoms in total. The van der Waals surface area contributed by atoms with Crippen molar-refractivity contribution in [3.05, 3.63) is 36.0 Å². The van der Waals surface area contributed by atoms with Gasteiger partial charge in [-0.3, -0.25) is 0 Å². The second kappa shape index (κ2) is 7.38. The van der Waals surface area contributed by atoms with Crippen LogP contribution in [-0.2, 0) is 11.3 Å². The average Bonchev–Trinajstić information content (AvgIpc) is 2.54. The fourth-order valence-corrected chi connectivity index (χ4v) is 2.57. The summed E-state index contributed by atoms with van der Waals surface area (Å²) in [5.41, 5.74) is 6.92. The molecule has 0 radical (unpaired) electrons. The molecule has 0 amide bonds. The fraction of sp³-hybridized carbons (Fsp3) is 0.471. The number of nitrogens with zero attached hydrogens (tertiary/aromatic N) is 2. The van der Waals surface area contributed by atoms with E-state index in [-0.39, 0.29) is 0 Å². The van der Waals surface area contributed by atoms with E-state index in [1.807, 2.05) is 12.3 Å². The van der Waals surface area contributed by atoms with Crippen LogP contribution in [0.15, 0.2) is 30.5 Å². The predicted octanol–water partition coefficient (Wildman–Crippen LogP) is 2.94. The zero-order valence-electron chi connectivity index (χ0n) is 13.2. The maximum atomic E-state index is 5.83. The predicted molar refractivity (Wildman–Crippen MR) is 88.6 cm³/mol. The number of hydrogen-bond acceptors (Lipinski definition) is 4. The van der Waals surface area contributed by atoms with Crippen molar-refractivity contribution in [1.82, 2.24) is 4.98 Å². The highest BCUT2D eigenvalue weighted by molar-refractivity contribution is 5.94. The normalized spacial score (nSPS) is 12.6. The van der Waals surface area contributed by atoms with Crippen LogP contribution in [0.1, 0.15) is 25.8 Å². The highest BCUT2D eigenvalue weighted by Gasteiger charge is 2.17. The Labute approximate surface area is 126 Å². The monoisotopic (exact) mass is 287 g/mol. The van der Waals surface area contributed by atoms with Crippen LogP contribution >= 0.6 is 0 Å². The van der Waals surface area contributed by atoms with Gasteiger partial charge in [0.15, 0.2) is 0 Å². The highest BCUT2D eigenvalue weighted by Crippen LogP contribution is 2.28. The summed E-state index contributed by atoms with van der Waals surface area (Å²) in [5, 5.41) is 2.35. The average molecular weight is 287 g/mol. The van der Waals surface area contributed by atoms with Crippen LogP contribution in [0.5, 0.6) is 0 Å². The third-order valence-corrected chi connectivity index (χ3v) is 4.01. The van der Waals surface area contributed by atoms with E-state index < -0.39 is 0 Å². The quantitative estimate of drug-likeness (QED) is 0.850. The molecule has 21 heavy (non-hydrogen) atoms. The van der Waals surface area contributed by atoms with Gasteiger partial charge in [0.1, 0.15) is 5.82 Å². The molecule has 0 aliphatic carbocycles. The van der Waals surface area contributed by atoms with Crippen LogP contribution in [0.2, 0.25) is 0 Å². The van der Waals surface area contributed by atoms with Crippen molar-refractivity contribution in [1.29, 1.82) is 0 Å². The minimum atomic E-state index is 0.416. The van der Waals surface area contributed by atoms with E-state index in [0.29, 0.717) is 19.2 Å². The number of hydrogen-bond donors (Lipinski definition) is 1. The molecule has 0 aliphatic heterocycles. The smallest absolute Gasteiger partial charge is 0.136 e. The lowest BCUT2D eigenvalue weighted by molar-refractivity contribution is 0.203. The van der Waals surface area contributed by atoms with E-state index in [1.165, 1.54) is 5.39 Å². The molecule has 0 spiro atoms. The Morgan fingerprint density at radius 1 is 1.29 bits per heavy atom. The van der Waals surface area contributed by atoms with Gasteiger partial charge in [0.25, 0.3) is 0 Å². The largest absolute Gasteiger partial charge is 0.383 e. The van der Waals surface area contributed by atoms with Gasteiger partial charge >= 0.3 is 0 Å². The van der Waals surface area contributed by atoms with E-state index in [1.54, 1.807) is 7.11 Å². The van der Waals surface area contributed by atoms with Gasteiger partial charge < -0.3 is 15.4 Å². The Hall–Kier alpha value is -1.65. The van der Waals surface area contributed by atoms with E-state index in [4.69, 9.17) is 15.5 Å². The van der Waals surface area contributed by atoms with Crippen molar-refractivity contribution in [3.63, 3.8) is 0 Å². The molecule has 0 fully saturated rings. The Kier molecular flexibility index (Phi) is 5.53. The van der Waals surface area contributed by atoms with Gasteiger partial charge in [0, 0.05) is 37.8 Å². The number of nitrogens with two attached hydrogens (primary N) is 1. The van der Waals surface area contributed by atoms with Crippen molar-refractivity contribution in [3.8, 4) is 0 Å². The summed E-state index contributed by atoms with van der Waals surface area (Å²) < 4.78 is 5.26. The van der Waals surface area contributed by atoms with E-state index in [9.17, 15) is 0 Å². The minimum Gasteiger partial charge on any atom is -0.383 e. The zero-order chi connectivity index (χ0) is 15.2. The third kappa shape index (κ3) is 3.34. The maximum Gasteiger partial charge on any atom is 0.136 e. The van der Waals surface area contributed by atoms with Crippen molar-refractivity contribution in [2.24, 2.45) is 5.73 Å². The summed E-state index contributed by atoms with van der Waals surface area (Å²) in [7, 11) is 1.73. The third-order valence-electron chi connectivity index (χ3n) is 4.01. The molecule has 2 rings (SSSR count). The first-order chi connectivity index (χ1) is 10.2. The number of anilines is 1. The number of methoxy groups -OCH3 is 1. The Morgan fingerprint density at radius 3 is 2.62 bits per heavy atom. The lowest BCUT2D eigenvalue weighted by Crippen LogP contribution is -2.36. The molecular formula is C17H25N3O. The van der Waals surface area contributed by atoms with E-state index in [2.05, 4.69) is 36.9 Å². The number of aromatic nitrogens is 1. The molecule has 2 N–H and O–H groups in total. The Balaban J connectivity index is 2.52. The fourth-order valence-electron chi connectivity index (χ4n) is 2.57. The molecule has 0 bridgehead atoms. The molecule has 0 saturated heterocycles. The highest BCUT2D eigenvalue weighted by atomic mass is 16.5. The second-order valence-electron chi connectivity index (χ2n) is 5.30. The van der Waals surface area contributed by atoms with Crippen molar-refractivity contribution in [2.75, 3.05) is 25.2 Å². The molecule has 1 unspecified atom stereocenters. The summed E-state index contributed by atoms with van der Waals surface area (Å²) in [4.78, 5) is 7.02. The van der Waals surface area contributed by atoms with Crippen LogP contribution in [-0.4, -0.2) is 31.3 Å². The molecule has 1 aromatic carbocycles. The summed E-state index contributed by atoms with van der Waals surface area (Å²) in [6.07, 6.45) is 2.97. The maximum absolute atomic E-state index is 5.83. The van der Waals surface area contributed by atoms with Gasteiger partial charge in [0.05, 0.1) is 6.61 Å². The van der Waals surface area contributed by atoms with Gasteiger partial charge in [-0.2, -0.15) is 0 Å². The minimum absolute atomic E-state index is 0.416. The Morgan fingerprint density at radius 2 is 2.00 bits per heavy atom. The SMILES string of the molecule is CCC(C)N(CCOC)c1ncc(CN)c2ccccc12. The lowest BCUT2D eigenvalue weighted by atomic mass is 10.1. The summed E-state index contributed by atoms with van der Waals surface area (Å²) in [6, 6.07) is 8.76.